The van der Waals surface area contributed by atoms with Gasteiger partial charge in [-0.25, -0.2) is 0 Å². The molecule has 0 radical (unpaired) electrons. The van der Waals surface area contributed by atoms with Crippen molar-refractivity contribution < 1.29 is 19.1 Å². The van der Waals surface area contributed by atoms with Gasteiger partial charge in [0.25, 0.3) is 0 Å². The summed E-state index contributed by atoms with van der Waals surface area (Å²) in [5.41, 5.74) is 1.96. The molecule has 1 N–H and O–H groups in total. The highest BCUT2D eigenvalue weighted by Gasteiger charge is 2.29. The highest BCUT2D eigenvalue weighted by molar-refractivity contribution is 5.87. The van der Waals surface area contributed by atoms with E-state index in [1.165, 1.54) is 0 Å². The van der Waals surface area contributed by atoms with E-state index < -0.39 is 6.04 Å². The van der Waals surface area contributed by atoms with Crippen molar-refractivity contribution >= 4 is 11.8 Å². The van der Waals surface area contributed by atoms with Gasteiger partial charge < -0.3 is 19.7 Å². The van der Waals surface area contributed by atoms with E-state index in [0.29, 0.717) is 32.5 Å². The zero-order valence-electron chi connectivity index (χ0n) is 19.7. The van der Waals surface area contributed by atoms with Gasteiger partial charge in [-0.3, -0.25) is 9.59 Å². The fraction of sp³-hybridized carbons (Fsp3) is 0.462. The third-order valence-corrected chi connectivity index (χ3v) is 5.16. The summed E-state index contributed by atoms with van der Waals surface area (Å²) in [4.78, 5) is 27.8. The van der Waals surface area contributed by atoms with E-state index >= 15 is 0 Å². The number of carbonyl (C=O) groups is 2. The van der Waals surface area contributed by atoms with Crippen molar-refractivity contribution in [1.29, 1.82) is 0 Å². The lowest BCUT2D eigenvalue weighted by molar-refractivity contribution is -0.141. The molecule has 1 atom stereocenters. The molecule has 6 nitrogen and oxygen atoms in total. The van der Waals surface area contributed by atoms with Crippen LogP contribution in [0.3, 0.4) is 0 Å². The number of benzene rings is 2. The lowest BCUT2D eigenvalue weighted by Crippen LogP contribution is -2.50. The smallest absolute Gasteiger partial charge is 0.243 e. The van der Waals surface area contributed by atoms with Crippen LogP contribution >= 0.6 is 0 Å². The van der Waals surface area contributed by atoms with Gasteiger partial charge in [0.2, 0.25) is 11.8 Å². The van der Waals surface area contributed by atoms with Crippen molar-refractivity contribution in [1.82, 2.24) is 10.2 Å². The average Bonchev–Trinajstić information content (AvgIpc) is 2.81. The first-order valence-corrected chi connectivity index (χ1v) is 11.3. The predicted octanol–water partition coefficient (Wildman–Crippen LogP) is 3.98. The van der Waals surface area contributed by atoms with Crippen LogP contribution in [-0.2, 0) is 27.3 Å². The van der Waals surface area contributed by atoms with Crippen molar-refractivity contribution in [3.63, 3.8) is 0 Å². The second kappa shape index (κ2) is 13.5. The molecule has 0 aromatic heterocycles. The molecule has 32 heavy (non-hydrogen) atoms. The van der Waals surface area contributed by atoms with Crippen LogP contribution in [0.5, 0.6) is 5.75 Å². The zero-order chi connectivity index (χ0) is 23.3. The monoisotopic (exact) mass is 440 g/mol. The highest BCUT2D eigenvalue weighted by Crippen LogP contribution is 2.18. The largest absolute Gasteiger partial charge is 0.497 e. The number of hydrogen-bond donors (Lipinski definition) is 1. The molecule has 0 saturated carbocycles. The summed E-state index contributed by atoms with van der Waals surface area (Å²) in [5, 5.41) is 3.01. The number of nitrogens with zero attached hydrogens (tertiary/aromatic N) is 1. The maximum atomic E-state index is 13.2. The number of ether oxygens (including phenoxy) is 2. The maximum absolute atomic E-state index is 13.2. The molecule has 174 valence electrons. The van der Waals surface area contributed by atoms with Gasteiger partial charge in [0.15, 0.2) is 0 Å². The number of nitrogens with one attached hydrogen (secondary N) is 1. The van der Waals surface area contributed by atoms with Crippen molar-refractivity contribution in [2.75, 3.05) is 20.3 Å². The van der Waals surface area contributed by atoms with Gasteiger partial charge in [-0.1, -0.05) is 49.4 Å². The summed E-state index contributed by atoms with van der Waals surface area (Å²) < 4.78 is 10.8. The number of carbonyl (C=O) groups excluding carboxylic acids is 2. The topological polar surface area (TPSA) is 67.9 Å². The molecule has 1 unspecified atom stereocenters. The van der Waals surface area contributed by atoms with Crippen molar-refractivity contribution in [2.45, 2.75) is 58.7 Å². The Morgan fingerprint density at radius 1 is 1.00 bits per heavy atom. The van der Waals surface area contributed by atoms with Crippen LogP contribution in [0.25, 0.3) is 0 Å². The Balaban J connectivity index is 2.19. The van der Waals surface area contributed by atoms with Crippen LogP contribution in [0.1, 0.15) is 44.7 Å². The normalized spacial score (nSPS) is 11.8. The molecule has 0 aliphatic heterocycles. The van der Waals surface area contributed by atoms with E-state index in [-0.39, 0.29) is 17.9 Å². The first-order valence-electron chi connectivity index (χ1n) is 11.3. The van der Waals surface area contributed by atoms with E-state index in [0.717, 1.165) is 23.3 Å². The summed E-state index contributed by atoms with van der Waals surface area (Å²) >= 11 is 0. The molecule has 2 aromatic carbocycles. The quantitative estimate of drug-likeness (QED) is 0.479. The number of rotatable bonds is 13. The second-order valence-electron chi connectivity index (χ2n) is 7.99. The minimum absolute atomic E-state index is 0.0555. The molecule has 0 fully saturated rings. The van der Waals surface area contributed by atoms with Crippen molar-refractivity contribution in [2.24, 2.45) is 0 Å². The van der Waals surface area contributed by atoms with Crippen LogP contribution in [0.4, 0.5) is 0 Å². The van der Waals surface area contributed by atoms with Gasteiger partial charge in [-0.05, 0) is 43.5 Å². The molecular formula is C26H36N2O4. The lowest BCUT2D eigenvalue weighted by Gasteiger charge is -2.31. The van der Waals surface area contributed by atoms with Crippen LogP contribution in [-0.4, -0.2) is 49.1 Å². The van der Waals surface area contributed by atoms with Crippen LogP contribution < -0.4 is 10.1 Å². The molecule has 2 aromatic rings. The molecule has 0 heterocycles. The van der Waals surface area contributed by atoms with Crippen molar-refractivity contribution in [3.05, 3.63) is 65.7 Å². The molecule has 0 spiro atoms. The SMILES string of the molecule is CCC(=O)N(Cc1ccc(OC)cc1)C(Cc1ccccc1)C(=O)NCCCOC(C)C. The van der Waals surface area contributed by atoms with Gasteiger partial charge in [0.05, 0.1) is 13.2 Å². The Hall–Kier alpha value is -2.86. The molecule has 6 heteroatoms. The Morgan fingerprint density at radius 3 is 2.28 bits per heavy atom. The summed E-state index contributed by atoms with van der Waals surface area (Å²) in [7, 11) is 1.62. The van der Waals surface area contributed by atoms with E-state index in [1.807, 2.05) is 75.4 Å². The Kier molecular flexibility index (Phi) is 10.7. The summed E-state index contributed by atoms with van der Waals surface area (Å²) in [6, 6.07) is 16.8. The molecule has 0 bridgehead atoms. The van der Waals surface area contributed by atoms with Gasteiger partial charge in [0.1, 0.15) is 11.8 Å². The summed E-state index contributed by atoms with van der Waals surface area (Å²) in [6.07, 6.45) is 1.68. The Morgan fingerprint density at radius 2 is 1.69 bits per heavy atom. The van der Waals surface area contributed by atoms with E-state index in [1.54, 1.807) is 12.0 Å². The zero-order valence-corrected chi connectivity index (χ0v) is 19.7. The molecule has 0 aliphatic carbocycles. The highest BCUT2D eigenvalue weighted by atomic mass is 16.5. The number of amides is 2. The number of hydrogen-bond acceptors (Lipinski definition) is 4. The van der Waals surface area contributed by atoms with E-state index in [4.69, 9.17) is 9.47 Å². The first-order chi connectivity index (χ1) is 15.4. The van der Waals surface area contributed by atoms with Gasteiger partial charge in [-0.2, -0.15) is 0 Å². The maximum Gasteiger partial charge on any atom is 0.243 e. The summed E-state index contributed by atoms with van der Waals surface area (Å²) in [6.45, 7) is 7.25. The third kappa shape index (κ3) is 8.35. The first kappa shape index (κ1) is 25.4. The molecule has 2 amide bonds. The minimum Gasteiger partial charge on any atom is -0.497 e. The second-order valence-corrected chi connectivity index (χ2v) is 7.99. The fourth-order valence-electron chi connectivity index (χ4n) is 3.41. The Bertz CT molecular complexity index is 821. The van der Waals surface area contributed by atoms with Gasteiger partial charge >= 0.3 is 0 Å². The van der Waals surface area contributed by atoms with Gasteiger partial charge in [0, 0.05) is 32.5 Å². The fourth-order valence-corrected chi connectivity index (χ4v) is 3.41. The molecular weight excluding hydrogens is 404 g/mol. The van der Waals surface area contributed by atoms with Crippen molar-refractivity contribution in [3.8, 4) is 5.75 Å². The van der Waals surface area contributed by atoms with E-state index in [9.17, 15) is 9.59 Å². The lowest BCUT2D eigenvalue weighted by atomic mass is 10.0. The van der Waals surface area contributed by atoms with Gasteiger partial charge in [-0.15, -0.1) is 0 Å². The third-order valence-electron chi connectivity index (χ3n) is 5.16. The van der Waals surface area contributed by atoms with E-state index in [2.05, 4.69) is 5.32 Å². The summed E-state index contributed by atoms with van der Waals surface area (Å²) in [5.74, 6) is 0.554. The molecule has 0 aliphatic rings. The number of methoxy groups -OCH3 is 1. The molecule has 0 saturated heterocycles. The Labute approximate surface area is 191 Å². The van der Waals surface area contributed by atoms with Crippen LogP contribution in [0.15, 0.2) is 54.6 Å². The predicted molar refractivity (Wildman–Crippen MR) is 126 cm³/mol. The minimum atomic E-state index is -0.599. The average molecular weight is 441 g/mol. The standard InChI is InChI=1S/C26H36N2O4/c1-5-25(29)28(19-22-12-14-23(31-4)15-13-22)24(18-21-10-7-6-8-11-21)26(30)27-16-9-17-32-20(2)3/h6-8,10-15,20,24H,5,9,16-19H2,1-4H3,(H,27,30). The van der Waals surface area contributed by atoms with Crippen LogP contribution in [0.2, 0.25) is 0 Å². The molecule has 2 rings (SSSR count). The van der Waals surface area contributed by atoms with Crippen LogP contribution in [0, 0.1) is 0 Å².